The molecule has 0 spiro atoms. The Morgan fingerprint density at radius 1 is 1.47 bits per heavy atom. The smallest absolute Gasteiger partial charge is 0.226 e. The van der Waals surface area contributed by atoms with Crippen molar-refractivity contribution in [2.45, 2.75) is 19.3 Å². The molecule has 0 bridgehead atoms. The first kappa shape index (κ1) is 15.7. The molecule has 5 nitrogen and oxygen atoms in total. The molecule has 2 rings (SSSR count). The first-order valence-corrected chi connectivity index (χ1v) is 6.29. The number of aromatic nitrogens is 1. The zero-order chi connectivity index (χ0) is 12.8. The molecule has 6 heteroatoms. The van der Waals surface area contributed by atoms with E-state index in [-0.39, 0.29) is 24.7 Å². The van der Waals surface area contributed by atoms with E-state index in [0.717, 1.165) is 18.2 Å². The van der Waals surface area contributed by atoms with Crippen LogP contribution in [-0.2, 0) is 16.0 Å². The molecule has 1 heterocycles. The second kappa shape index (κ2) is 7.96. The average molecular weight is 286 g/mol. The quantitative estimate of drug-likeness (QED) is 0.737. The highest BCUT2D eigenvalue weighted by Crippen LogP contribution is 2.28. The SMILES string of the molecule is Cl.Nc1ccc(CC(=O)NCCOCC2CC2)nc1. The number of rotatable bonds is 7. The first-order chi connectivity index (χ1) is 8.74. The standard InChI is InChI=1S/C13H19N3O2.ClH/c14-11-3-4-12(16-8-11)7-13(17)15-5-6-18-9-10-1-2-10;/h3-4,8,10H,1-2,5-7,9,14H2,(H,15,17);1H. The molecular formula is C13H20ClN3O2. The van der Waals surface area contributed by atoms with Crippen molar-refractivity contribution in [3.63, 3.8) is 0 Å². The predicted molar refractivity (Wildman–Crippen MR) is 76.2 cm³/mol. The number of hydrogen-bond donors (Lipinski definition) is 2. The molecule has 1 amide bonds. The van der Waals surface area contributed by atoms with Gasteiger partial charge >= 0.3 is 0 Å². The van der Waals surface area contributed by atoms with Crippen LogP contribution in [0.2, 0.25) is 0 Å². The number of nitrogens with zero attached hydrogens (tertiary/aromatic N) is 1. The highest BCUT2D eigenvalue weighted by Gasteiger charge is 2.20. The van der Waals surface area contributed by atoms with Gasteiger partial charge < -0.3 is 15.8 Å². The molecule has 19 heavy (non-hydrogen) atoms. The summed E-state index contributed by atoms with van der Waals surface area (Å²) in [5.41, 5.74) is 6.85. The van der Waals surface area contributed by atoms with Gasteiger partial charge in [-0.2, -0.15) is 0 Å². The third kappa shape index (κ3) is 6.40. The Bertz CT molecular complexity index is 393. The predicted octanol–water partition coefficient (Wildman–Crippen LogP) is 1.17. The number of hydrogen-bond acceptors (Lipinski definition) is 4. The van der Waals surface area contributed by atoms with Gasteiger partial charge in [-0.15, -0.1) is 12.4 Å². The van der Waals surface area contributed by atoms with Gasteiger partial charge in [0.25, 0.3) is 0 Å². The molecule has 1 aromatic heterocycles. The lowest BCUT2D eigenvalue weighted by Crippen LogP contribution is -2.29. The van der Waals surface area contributed by atoms with E-state index in [0.29, 0.717) is 18.8 Å². The molecule has 0 saturated heterocycles. The number of carbonyl (C=O) groups excluding carboxylic acids is 1. The Morgan fingerprint density at radius 3 is 2.89 bits per heavy atom. The summed E-state index contributed by atoms with van der Waals surface area (Å²) in [4.78, 5) is 15.6. The Kier molecular flexibility index (Phi) is 6.59. The minimum absolute atomic E-state index is 0. The summed E-state index contributed by atoms with van der Waals surface area (Å²) in [6, 6.07) is 3.51. The van der Waals surface area contributed by atoms with Crippen LogP contribution in [0.4, 0.5) is 5.69 Å². The largest absolute Gasteiger partial charge is 0.397 e. The summed E-state index contributed by atoms with van der Waals surface area (Å²) in [6.07, 6.45) is 4.41. The highest BCUT2D eigenvalue weighted by molar-refractivity contribution is 5.85. The van der Waals surface area contributed by atoms with Crippen molar-refractivity contribution in [2.24, 2.45) is 5.92 Å². The van der Waals surface area contributed by atoms with Crippen LogP contribution in [0.5, 0.6) is 0 Å². The molecule has 1 aliphatic rings. The minimum atomic E-state index is -0.0395. The summed E-state index contributed by atoms with van der Waals surface area (Å²) < 4.78 is 5.43. The van der Waals surface area contributed by atoms with E-state index in [1.165, 1.54) is 12.8 Å². The van der Waals surface area contributed by atoms with Crippen molar-refractivity contribution in [1.29, 1.82) is 0 Å². The molecule has 1 fully saturated rings. The normalized spacial score (nSPS) is 13.7. The van der Waals surface area contributed by atoms with Crippen LogP contribution in [0.15, 0.2) is 18.3 Å². The van der Waals surface area contributed by atoms with Crippen LogP contribution < -0.4 is 11.1 Å². The maximum Gasteiger partial charge on any atom is 0.226 e. The fraction of sp³-hybridized carbons (Fsp3) is 0.538. The van der Waals surface area contributed by atoms with E-state index < -0.39 is 0 Å². The maximum atomic E-state index is 11.6. The minimum Gasteiger partial charge on any atom is -0.397 e. The molecule has 1 aliphatic carbocycles. The van der Waals surface area contributed by atoms with Gasteiger partial charge in [-0.05, 0) is 30.9 Å². The van der Waals surface area contributed by atoms with Crippen LogP contribution in [0.3, 0.4) is 0 Å². The van der Waals surface area contributed by atoms with Crippen molar-refractivity contribution >= 4 is 24.0 Å². The lowest BCUT2D eigenvalue weighted by atomic mass is 10.2. The topological polar surface area (TPSA) is 77.2 Å². The summed E-state index contributed by atoms with van der Waals surface area (Å²) in [7, 11) is 0. The number of nitrogen functional groups attached to an aromatic ring is 1. The Hall–Kier alpha value is -1.33. The van der Waals surface area contributed by atoms with E-state index in [9.17, 15) is 4.79 Å². The van der Waals surface area contributed by atoms with Crippen molar-refractivity contribution < 1.29 is 9.53 Å². The van der Waals surface area contributed by atoms with Crippen molar-refractivity contribution in [3.05, 3.63) is 24.0 Å². The third-order valence-corrected chi connectivity index (χ3v) is 2.81. The number of ether oxygens (including phenoxy) is 1. The van der Waals surface area contributed by atoms with Crippen molar-refractivity contribution in [3.8, 4) is 0 Å². The van der Waals surface area contributed by atoms with Crippen molar-refractivity contribution in [1.82, 2.24) is 10.3 Å². The second-order valence-corrected chi connectivity index (χ2v) is 4.63. The Morgan fingerprint density at radius 2 is 2.26 bits per heavy atom. The average Bonchev–Trinajstić information content (AvgIpc) is 3.16. The summed E-state index contributed by atoms with van der Waals surface area (Å²) in [5, 5.41) is 2.80. The number of anilines is 1. The van der Waals surface area contributed by atoms with Crippen molar-refractivity contribution in [2.75, 3.05) is 25.5 Å². The van der Waals surface area contributed by atoms with Crippen LogP contribution in [0, 0.1) is 5.92 Å². The zero-order valence-corrected chi connectivity index (χ0v) is 11.6. The molecule has 0 aromatic carbocycles. The molecule has 1 saturated carbocycles. The fourth-order valence-corrected chi connectivity index (χ4v) is 1.56. The highest BCUT2D eigenvalue weighted by atomic mass is 35.5. The molecule has 3 N–H and O–H groups in total. The molecule has 0 unspecified atom stereocenters. The number of amides is 1. The third-order valence-electron chi connectivity index (χ3n) is 2.81. The van der Waals surface area contributed by atoms with E-state index in [4.69, 9.17) is 10.5 Å². The number of halogens is 1. The van der Waals surface area contributed by atoms with Gasteiger partial charge in [0.05, 0.1) is 24.9 Å². The molecule has 106 valence electrons. The van der Waals surface area contributed by atoms with Crippen LogP contribution in [0.25, 0.3) is 0 Å². The fourth-order valence-electron chi connectivity index (χ4n) is 1.56. The van der Waals surface area contributed by atoms with Gasteiger partial charge in [0, 0.05) is 18.8 Å². The summed E-state index contributed by atoms with van der Waals surface area (Å²) in [5.74, 6) is 0.724. The first-order valence-electron chi connectivity index (χ1n) is 6.29. The molecule has 0 atom stereocenters. The van der Waals surface area contributed by atoms with Gasteiger partial charge in [-0.25, -0.2) is 0 Å². The Labute approximate surface area is 119 Å². The zero-order valence-electron chi connectivity index (χ0n) is 10.8. The van der Waals surface area contributed by atoms with E-state index >= 15 is 0 Å². The van der Waals surface area contributed by atoms with E-state index in [1.54, 1.807) is 18.3 Å². The summed E-state index contributed by atoms with van der Waals surface area (Å²) in [6.45, 7) is 1.97. The van der Waals surface area contributed by atoms with E-state index in [1.807, 2.05) is 0 Å². The van der Waals surface area contributed by atoms with Crippen LogP contribution in [0.1, 0.15) is 18.5 Å². The van der Waals surface area contributed by atoms with Gasteiger partial charge in [0.2, 0.25) is 5.91 Å². The molecule has 0 aliphatic heterocycles. The van der Waals surface area contributed by atoms with Gasteiger partial charge in [-0.3, -0.25) is 9.78 Å². The number of pyridine rings is 1. The maximum absolute atomic E-state index is 11.6. The summed E-state index contributed by atoms with van der Waals surface area (Å²) >= 11 is 0. The molecule has 1 aromatic rings. The van der Waals surface area contributed by atoms with Gasteiger partial charge in [-0.1, -0.05) is 0 Å². The van der Waals surface area contributed by atoms with Gasteiger partial charge in [0.1, 0.15) is 0 Å². The number of carbonyl (C=O) groups is 1. The number of nitrogens with one attached hydrogen (secondary N) is 1. The molecule has 0 radical (unpaired) electrons. The van der Waals surface area contributed by atoms with Crippen LogP contribution in [-0.4, -0.2) is 30.6 Å². The monoisotopic (exact) mass is 285 g/mol. The Balaban J connectivity index is 0.00000180. The number of nitrogens with two attached hydrogens (primary N) is 1. The van der Waals surface area contributed by atoms with E-state index in [2.05, 4.69) is 10.3 Å². The lowest BCUT2D eigenvalue weighted by Gasteiger charge is -2.06. The van der Waals surface area contributed by atoms with Gasteiger partial charge in [0.15, 0.2) is 0 Å². The van der Waals surface area contributed by atoms with Crippen LogP contribution >= 0.6 is 12.4 Å². The molecular weight excluding hydrogens is 266 g/mol. The lowest BCUT2D eigenvalue weighted by molar-refractivity contribution is -0.120. The second-order valence-electron chi connectivity index (χ2n) is 4.63.